The molecule has 0 aliphatic carbocycles. The van der Waals surface area contributed by atoms with Gasteiger partial charge in [-0.25, -0.2) is 4.79 Å². The van der Waals surface area contributed by atoms with E-state index >= 15 is 0 Å². The number of hydrogen-bond donors (Lipinski definition) is 2. The van der Waals surface area contributed by atoms with Gasteiger partial charge in [0.25, 0.3) is 0 Å². The van der Waals surface area contributed by atoms with Crippen LogP contribution < -0.4 is 10.1 Å². The highest BCUT2D eigenvalue weighted by atomic mass is 16.5. The number of hydrogen-bond acceptors (Lipinski definition) is 3. The summed E-state index contributed by atoms with van der Waals surface area (Å²) in [5, 5.41) is 11.0. The summed E-state index contributed by atoms with van der Waals surface area (Å²) in [6, 6.07) is 6.86. The molecular weight excluding hydrogens is 222 g/mol. The van der Waals surface area contributed by atoms with Gasteiger partial charge in [0.15, 0.2) is 0 Å². The van der Waals surface area contributed by atoms with Crippen LogP contribution in [0.25, 0.3) is 0 Å². The molecule has 0 unspecified atom stereocenters. The van der Waals surface area contributed by atoms with Gasteiger partial charge in [-0.2, -0.15) is 0 Å². The minimum Gasteiger partial charge on any atom is -0.489 e. The molecule has 0 heterocycles. The number of aliphatic carboxylic acids is 1. The Morgan fingerprint density at radius 2 is 2.24 bits per heavy atom. The van der Waals surface area contributed by atoms with E-state index in [0.717, 1.165) is 6.08 Å². The van der Waals surface area contributed by atoms with Crippen molar-refractivity contribution in [3.05, 3.63) is 36.4 Å². The summed E-state index contributed by atoms with van der Waals surface area (Å²) in [7, 11) is 0. The molecule has 0 aromatic heterocycles. The highest BCUT2D eigenvalue weighted by Crippen LogP contribution is 2.17. The number of carbonyl (C=O) groups is 2. The third-order valence-electron chi connectivity index (χ3n) is 1.76. The molecule has 0 atom stereocenters. The highest BCUT2D eigenvalue weighted by Gasteiger charge is 1.97. The SMILES string of the molecule is CC(=O)Nc1cccc(OCC=CC(=O)O)c1. The van der Waals surface area contributed by atoms with E-state index in [9.17, 15) is 9.59 Å². The van der Waals surface area contributed by atoms with Gasteiger partial charge in [0.05, 0.1) is 0 Å². The summed E-state index contributed by atoms with van der Waals surface area (Å²) in [5.74, 6) is -0.611. The number of carbonyl (C=O) groups excluding carboxylic acids is 1. The number of amides is 1. The fourth-order valence-electron chi connectivity index (χ4n) is 1.16. The first kappa shape index (κ1) is 12.8. The van der Waals surface area contributed by atoms with Crippen molar-refractivity contribution in [2.45, 2.75) is 6.92 Å². The van der Waals surface area contributed by atoms with E-state index in [1.54, 1.807) is 24.3 Å². The van der Waals surface area contributed by atoms with E-state index in [1.807, 2.05) is 0 Å². The van der Waals surface area contributed by atoms with Gasteiger partial charge in [0.2, 0.25) is 5.91 Å². The van der Waals surface area contributed by atoms with Crippen LogP contribution in [-0.2, 0) is 9.59 Å². The second kappa shape index (κ2) is 6.32. The molecule has 1 aromatic carbocycles. The molecule has 1 aromatic rings. The zero-order chi connectivity index (χ0) is 12.7. The summed E-state index contributed by atoms with van der Waals surface area (Å²) < 4.78 is 5.28. The lowest BCUT2D eigenvalue weighted by Crippen LogP contribution is -2.05. The minimum absolute atomic E-state index is 0.159. The third-order valence-corrected chi connectivity index (χ3v) is 1.76. The number of carboxylic acids is 1. The van der Waals surface area contributed by atoms with Crippen LogP contribution >= 0.6 is 0 Å². The third kappa shape index (κ3) is 5.36. The second-order valence-corrected chi connectivity index (χ2v) is 3.26. The van der Waals surface area contributed by atoms with Gasteiger partial charge >= 0.3 is 5.97 Å². The average Bonchev–Trinajstić information content (AvgIpc) is 2.24. The molecule has 0 fully saturated rings. The smallest absolute Gasteiger partial charge is 0.328 e. The van der Waals surface area contributed by atoms with Gasteiger partial charge in [-0.3, -0.25) is 4.79 Å². The lowest BCUT2D eigenvalue weighted by atomic mass is 10.3. The molecule has 0 spiro atoms. The highest BCUT2D eigenvalue weighted by molar-refractivity contribution is 5.88. The van der Waals surface area contributed by atoms with E-state index in [-0.39, 0.29) is 12.5 Å². The maximum absolute atomic E-state index is 10.8. The normalized spacial score (nSPS) is 10.2. The zero-order valence-corrected chi connectivity index (χ0v) is 9.34. The molecule has 0 aliphatic heterocycles. The summed E-state index contributed by atoms with van der Waals surface area (Å²) >= 11 is 0. The van der Waals surface area contributed by atoms with E-state index in [0.29, 0.717) is 11.4 Å². The molecule has 0 radical (unpaired) electrons. The number of benzene rings is 1. The first-order chi connectivity index (χ1) is 8.08. The fraction of sp³-hybridized carbons (Fsp3) is 0.167. The van der Waals surface area contributed by atoms with Crippen molar-refractivity contribution >= 4 is 17.6 Å². The topological polar surface area (TPSA) is 75.6 Å². The maximum Gasteiger partial charge on any atom is 0.328 e. The Bertz CT molecular complexity index is 440. The molecular formula is C12H13NO4. The summed E-state index contributed by atoms with van der Waals surface area (Å²) in [5.41, 5.74) is 0.636. The predicted octanol–water partition coefficient (Wildman–Crippen LogP) is 1.66. The second-order valence-electron chi connectivity index (χ2n) is 3.26. The lowest BCUT2D eigenvalue weighted by molar-refractivity contribution is -0.131. The van der Waals surface area contributed by atoms with Crippen LogP contribution in [0, 0.1) is 0 Å². The summed E-state index contributed by atoms with van der Waals surface area (Å²) in [6.07, 6.45) is 2.41. The summed E-state index contributed by atoms with van der Waals surface area (Å²) in [4.78, 5) is 21.0. The van der Waals surface area contributed by atoms with Crippen LogP contribution in [0.2, 0.25) is 0 Å². The Kier molecular flexibility index (Phi) is 4.75. The molecule has 2 N–H and O–H groups in total. The van der Waals surface area contributed by atoms with Crippen molar-refractivity contribution in [3.8, 4) is 5.75 Å². The molecule has 0 saturated heterocycles. The van der Waals surface area contributed by atoms with Crippen molar-refractivity contribution in [2.75, 3.05) is 11.9 Å². The predicted molar refractivity (Wildman–Crippen MR) is 63.0 cm³/mol. The van der Waals surface area contributed by atoms with Crippen LogP contribution in [0.4, 0.5) is 5.69 Å². The van der Waals surface area contributed by atoms with E-state index in [4.69, 9.17) is 9.84 Å². The molecule has 5 nitrogen and oxygen atoms in total. The number of rotatable bonds is 5. The van der Waals surface area contributed by atoms with Gasteiger partial charge in [0, 0.05) is 24.8 Å². The Labute approximate surface area is 98.7 Å². The molecule has 0 saturated carbocycles. The largest absolute Gasteiger partial charge is 0.489 e. The van der Waals surface area contributed by atoms with Crippen LogP contribution in [0.3, 0.4) is 0 Å². The van der Waals surface area contributed by atoms with Crippen LogP contribution in [0.15, 0.2) is 36.4 Å². The first-order valence-corrected chi connectivity index (χ1v) is 4.98. The Balaban J connectivity index is 2.54. The Morgan fingerprint density at radius 1 is 1.47 bits per heavy atom. The van der Waals surface area contributed by atoms with Crippen molar-refractivity contribution in [2.24, 2.45) is 0 Å². The minimum atomic E-state index is -1.01. The van der Waals surface area contributed by atoms with Crippen LogP contribution in [0.1, 0.15) is 6.92 Å². The average molecular weight is 235 g/mol. The molecule has 5 heteroatoms. The number of anilines is 1. The molecule has 90 valence electrons. The zero-order valence-electron chi connectivity index (χ0n) is 9.34. The van der Waals surface area contributed by atoms with Gasteiger partial charge in [-0.05, 0) is 18.2 Å². The number of nitrogens with one attached hydrogen (secondary N) is 1. The monoisotopic (exact) mass is 235 g/mol. The van der Waals surface area contributed by atoms with E-state index in [2.05, 4.69) is 5.32 Å². The quantitative estimate of drug-likeness (QED) is 0.761. The Hall–Kier alpha value is -2.30. The fourth-order valence-corrected chi connectivity index (χ4v) is 1.16. The molecule has 0 bridgehead atoms. The van der Waals surface area contributed by atoms with Gasteiger partial charge in [-0.1, -0.05) is 6.07 Å². The summed E-state index contributed by atoms with van der Waals surface area (Å²) in [6.45, 7) is 1.58. The van der Waals surface area contributed by atoms with Gasteiger partial charge < -0.3 is 15.2 Å². The lowest BCUT2D eigenvalue weighted by Gasteiger charge is -2.06. The van der Waals surface area contributed by atoms with Crippen molar-refractivity contribution < 1.29 is 19.4 Å². The van der Waals surface area contributed by atoms with E-state index < -0.39 is 5.97 Å². The molecule has 17 heavy (non-hydrogen) atoms. The molecule has 1 amide bonds. The van der Waals surface area contributed by atoms with Gasteiger partial charge in [-0.15, -0.1) is 0 Å². The van der Waals surface area contributed by atoms with Crippen molar-refractivity contribution in [1.29, 1.82) is 0 Å². The van der Waals surface area contributed by atoms with Crippen molar-refractivity contribution in [3.63, 3.8) is 0 Å². The molecule has 0 aliphatic rings. The number of ether oxygens (including phenoxy) is 1. The van der Waals surface area contributed by atoms with E-state index in [1.165, 1.54) is 13.0 Å². The van der Waals surface area contributed by atoms with Crippen LogP contribution in [0.5, 0.6) is 5.75 Å². The Morgan fingerprint density at radius 3 is 2.88 bits per heavy atom. The standard InChI is InChI=1S/C12H13NO4/c1-9(14)13-10-4-2-5-11(8-10)17-7-3-6-12(15)16/h2-6,8H,7H2,1H3,(H,13,14)(H,15,16). The maximum atomic E-state index is 10.8. The van der Waals surface area contributed by atoms with Gasteiger partial charge in [0.1, 0.15) is 12.4 Å². The number of carboxylic acid groups (broad SMARTS) is 1. The van der Waals surface area contributed by atoms with Crippen LogP contribution in [-0.4, -0.2) is 23.6 Å². The van der Waals surface area contributed by atoms with Crippen molar-refractivity contribution in [1.82, 2.24) is 0 Å². The first-order valence-electron chi connectivity index (χ1n) is 4.98. The molecule has 1 rings (SSSR count).